The van der Waals surface area contributed by atoms with Crippen molar-refractivity contribution in [3.05, 3.63) is 51.2 Å². The fourth-order valence-corrected chi connectivity index (χ4v) is 4.46. The first-order valence-electron chi connectivity index (χ1n) is 10.8. The van der Waals surface area contributed by atoms with Crippen LogP contribution in [0.15, 0.2) is 40.5 Å². The second-order valence-electron chi connectivity index (χ2n) is 8.24. The van der Waals surface area contributed by atoms with E-state index in [0.29, 0.717) is 23.5 Å². The van der Waals surface area contributed by atoms with Crippen molar-refractivity contribution in [2.45, 2.75) is 45.6 Å². The number of piperidine rings is 1. The van der Waals surface area contributed by atoms with E-state index in [1.54, 1.807) is 32.9 Å². The maximum atomic E-state index is 13.4. The van der Waals surface area contributed by atoms with Crippen molar-refractivity contribution in [3.8, 4) is 0 Å². The molecule has 9 nitrogen and oxygen atoms in total. The largest absolute Gasteiger partial charge is 0.465 e. The monoisotopic (exact) mass is 443 g/mol. The van der Waals surface area contributed by atoms with Gasteiger partial charge in [0, 0.05) is 36.0 Å². The van der Waals surface area contributed by atoms with Crippen LogP contribution in [0.1, 0.15) is 45.1 Å². The van der Waals surface area contributed by atoms with Crippen molar-refractivity contribution in [1.82, 2.24) is 4.90 Å². The number of likely N-dealkylation sites (tertiary alicyclic amines) is 1. The van der Waals surface area contributed by atoms with Gasteiger partial charge >= 0.3 is 11.9 Å². The summed E-state index contributed by atoms with van der Waals surface area (Å²) in [6.45, 7) is 6.84. The van der Waals surface area contributed by atoms with Gasteiger partial charge in [-0.25, -0.2) is 4.79 Å². The van der Waals surface area contributed by atoms with E-state index in [1.807, 2.05) is 7.05 Å². The number of aliphatic imine (C=N–C) groups is 1. The summed E-state index contributed by atoms with van der Waals surface area (Å²) in [6.07, 6.45) is 1.41. The molecule has 0 aromatic heterocycles. The van der Waals surface area contributed by atoms with E-state index in [-0.39, 0.29) is 24.0 Å². The van der Waals surface area contributed by atoms with Gasteiger partial charge in [0.2, 0.25) is 0 Å². The van der Waals surface area contributed by atoms with Gasteiger partial charge in [-0.15, -0.1) is 0 Å². The Hall–Kier alpha value is -3.07. The molecule has 1 aromatic rings. The summed E-state index contributed by atoms with van der Waals surface area (Å²) in [5.41, 5.74) is 1.52. The SMILES string of the molecule is CCOC(=O)C1C(C)=NC(C)=C(C(=O)O[C@@H]2CCCN(C)C2)[C@@H]1c1cccc([N+](=O)[O-])c1. The number of allylic oxidation sites excluding steroid dienone is 1. The molecule has 2 aliphatic rings. The molecule has 0 saturated carbocycles. The van der Waals surface area contributed by atoms with Crippen molar-refractivity contribution >= 4 is 23.3 Å². The van der Waals surface area contributed by atoms with Gasteiger partial charge < -0.3 is 14.4 Å². The lowest BCUT2D eigenvalue weighted by Crippen LogP contribution is -2.40. The molecule has 32 heavy (non-hydrogen) atoms. The predicted octanol–water partition coefficient (Wildman–Crippen LogP) is 3.24. The Morgan fingerprint density at radius 2 is 2.06 bits per heavy atom. The number of carbonyl (C=O) groups is 2. The quantitative estimate of drug-likeness (QED) is 0.377. The van der Waals surface area contributed by atoms with Crippen LogP contribution in [0.4, 0.5) is 5.69 Å². The molecule has 0 N–H and O–H groups in total. The van der Waals surface area contributed by atoms with Crippen LogP contribution in [0.5, 0.6) is 0 Å². The van der Waals surface area contributed by atoms with E-state index in [1.165, 1.54) is 12.1 Å². The topological polar surface area (TPSA) is 111 Å². The first-order chi connectivity index (χ1) is 15.2. The number of likely N-dealkylation sites (N-methyl/N-ethyl adjacent to an activating group) is 1. The van der Waals surface area contributed by atoms with Gasteiger partial charge in [0.15, 0.2) is 0 Å². The van der Waals surface area contributed by atoms with E-state index < -0.39 is 28.7 Å². The highest BCUT2D eigenvalue weighted by Gasteiger charge is 2.43. The number of nitro groups is 1. The lowest BCUT2D eigenvalue weighted by Gasteiger charge is -2.33. The van der Waals surface area contributed by atoms with Crippen LogP contribution >= 0.6 is 0 Å². The Labute approximate surface area is 187 Å². The summed E-state index contributed by atoms with van der Waals surface area (Å²) in [6, 6.07) is 5.99. The Balaban J connectivity index is 2.05. The number of non-ortho nitro benzene ring substituents is 1. The summed E-state index contributed by atoms with van der Waals surface area (Å²) in [7, 11) is 1.97. The number of esters is 2. The molecule has 0 spiro atoms. The summed E-state index contributed by atoms with van der Waals surface area (Å²) < 4.78 is 11.1. The highest BCUT2D eigenvalue weighted by molar-refractivity contribution is 6.07. The minimum atomic E-state index is -0.878. The molecule has 1 fully saturated rings. The summed E-state index contributed by atoms with van der Waals surface area (Å²) in [5.74, 6) is -2.75. The van der Waals surface area contributed by atoms with E-state index in [9.17, 15) is 19.7 Å². The van der Waals surface area contributed by atoms with E-state index in [0.717, 1.165) is 19.4 Å². The van der Waals surface area contributed by atoms with Gasteiger partial charge in [-0.05, 0) is 52.8 Å². The molecule has 1 aromatic carbocycles. The molecule has 1 unspecified atom stereocenters. The average molecular weight is 444 g/mol. The van der Waals surface area contributed by atoms with Gasteiger partial charge in [0.25, 0.3) is 5.69 Å². The first kappa shape index (κ1) is 23.6. The Bertz CT molecular complexity index is 970. The highest BCUT2D eigenvalue weighted by atomic mass is 16.6. The second-order valence-corrected chi connectivity index (χ2v) is 8.24. The molecule has 0 radical (unpaired) electrons. The molecule has 0 aliphatic carbocycles. The van der Waals surface area contributed by atoms with Crippen molar-refractivity contribution in [2.24, 2.45) is 10.9 Å². The lowest BCUT2D eigenvalue weighted by molar-refractivity contribution is -0.384. The zero-order valence-electron chi connectivity index (χ0n) is 18.9. The molecule has 0 amide bonds. The minimum Gasteiger partial charge on any atom is -0.465 e. The third-order valence-corrected chi connectivity index (χ3v) is 5.88. The molecule has 3 atom stereocenters. The maximum Gasteiger partial charge on any atom is 0.336 e. The molecular weight excluding hydrogens is 414 g/mol. The van der Waals surface area contributed by atoms with E-state index in [4.69, 9.17) is 9.47 Å². The Morgan fingerprint density at radius 1 is 1.31 bits per heavy atom. The van der Waals surface area contributed by atoms with Crippen LogP contribution in [0, 0.1) is 16.0 Å². The van der Waals surface area contributed by atoms with Crippen LogP contribution in [0.2, 0.25) is 0 Å². The van der Waals surface area contributed by atoms with Gasteiger partial charge in [-0.3, -0.25) is 19.9 Å². The first-order valence-corrected chi connectivity index (χ1v) is 10.8. The van der Waals surface area contributed by atoms with Gasteiger partial charge in [-0.2, -0.15) is 0 Å². The normalized spacial score (nSPS) is 24.0. The average Bonchev–Trinajstić information content (AvgIpc) is 2.73. The van der Waals surface area contributed by atoms with Crippen LogP contribution in [-0.2, 0) is 19.1 Å². The zero-order valence-corrected chi connectivity index (χ0v) is 18.9. The van der Waals surface area contributed by atoms with Gasteiger partial charge in [0.05, 0.1) is 17.1 Å². The Kier molecular flexibility index (Phi) is 7.40. The fourth-order valence-electron chi connectivity index (χ4n) is 4.46. The highest BCUT2D eigenvalue weighted by Crippen LogP contribution is 2.41. The summed E-state index contributed by atoms with van der Waals surface area (Å²) in [5, 5.41) is 11.4. The van der Waals surface area contributed by atoms with Gasteiger partial charge in [0.1, 0.15) is 12.0 Å². The second kappa shape index (κ2) is 10.0. The summed E-state index contributed by atoms with van der Waals surface area (Å²) >= 11 is 0. The smallest absolute Gasteiger partial charge is 0.336 e. The Morgan fingerprint density at radius 3 is 2.72 bits per heavy atom. The number of hydrogen-bond donors (Lipinski definition) is 0. The van der Waals surface area contributed by atoms with Crippen LogP contribution in [0.25, 0.3) is 0 Å². The van der Waals surface area contributed by atoms with Crippen molar-refractivity contribution in [1.29, 1.82) is 0 Å². The maximum absolute atomic E-state index is 13.4. The number of ether oxygens (including phenoxy) is 2. The number of benzene rings is 1. The van der Waals surface area contributed by atoms with Crippen LogP contribution in [-0.4, -0.2) is 60.3 Å². The van der Waals surface area contributed by atoms with Crippen molar-refractivity contribution < 1.29 is 24.0 Å². The molecule has 3 rings (SSSR count). The number of nitrogens with zero attached hydrogens (tertiary/aromatic N) is 3. The molecule has 0 bridgehead atoms. The third kappa shape index (κ3) is 5.04. The van der Waals surface area contributed by atoms with Crippen molar-refractivity contribution in [2.75, 3.05) is 26.7 Å². The standard InChI is InChI=1S/C23H29N3O6/c1-5-31-22(27)19-14(2)24-15(3)20(23(28)32-18-10-7-11-25(4)13-18)21(19)16-8-6-9-17(12-16)26(29)30/h6,8-9,12,18-19,21H,5,7,10-11,13H2,1-4H3/t18-,19?,21-/m1/s1. The number of nitro benzene ring substituents is 1. The number of hydrogen-bond acceptors (Lipinski definition) is 8. The van der Waals surface area contributed by atoms with Crippen molar-refractivity contribution in [3.63, 3.8) is 0 Å². The minimum absolute atomic E-state index is 0.121. The van der Waals surface area contributed by atoms with E-state index >= 15 is 0 Å². The molecular formula is C23H29N3O6. The lowest BCUT2D eigenvalue weighted by atomic mass is 9.75. The molecule has 2 aliphatic heterocycles. The fraction of sp³-hybridized carbons (Fsp3) is 0.522. The molecule has 172 valence electrons. The van der Waals surface area contributed by atoms with Crippen LogP contribution < -0.4 is 0 Å². The number of rotatable bonds is 6. The third-order valence-electron chi connectivity index (χ3n) is 5.88. The predicted molar refractivity (Wildman–Crippen MR) is 118 cm³/mol. The van der Waals surface area contributed by atoms with Crippen LogP contribution in [0.3, 0.4) is 0 Å². The van der Waals surface area contributed by atoms with E-state index in [2.05, 4.69) is 9.89 Å². The molecule has 1 saturated heterocycles. The summed E-state index contributed by atoms with van der Waals surface area (Å²) in [4.78, 5) is 43.7. The number of carbonyl (C=O) groups excluding carboxylic acids is 2. The van der Waals surface area contributed by atoms with Gasteiger partial charge in [-0.1, -0.05) is 12.1 Å². The zero-order chi connectivity index (χ0) is 23.4. The molecule has 2 heterocycles. The molecule has 9 heteroatoms.